The summed E-state index contributed by atoms with van der Waals surface area (Å²) in [5.41, 5.74) is 3.18. The maximum absolute atomic E-state index is 11.9. The van der Waals surface area contributed by atoms with Crippen molar-refractivity contribution in [1.82, 2.24) is 5.43 Å². The SMILES string of the molecule is COc1ccc(/C=N\NC(=O)COc2ccc(Cl)cc2C)c(C(=O)O)c1OC. The predicted molar refractivity (Wildman–Crippen MR) is 104 cm³/mol. The highest BCUT2D eigenvalue weighted by Crippen LogP contribution is 2.32. The van der Waals surface area contributed by atoms with Crippen molar-refractivity contribution in [2.24, 2.45) is 5.10 Å². The largest absolute Gasteiger partial charge is 0.493 e. The van der Waals surface area contributed by atoms with Crippen molar-refractivity contribution >= 4 is 29.7 Å². The molecule has 0 aromatic heterocycles. The molecular formula is C19H19ClN2O6. The highest BCUT2D eigenvalue weighted by Gasteiger charge is 2.20. The zero-order valence-corrected chi connectivity index (χ0v) is 16.2. The van der Waals surface area contributed by atoms with Crippen LogP contribution in [-0.2, 0) is 4.79 Å². The van der Waals surface area contributed by atoms with Crippen molar-refractivity contribution < 1.29 is 28.9 Å². The van der Waals surface area contributed by atoms with Crippen LogP contribution in [-0.4, -0.2) is 44.0 Å². The molecule has 2 aromatic rings. The van der Waals surface area contributed by atoms with E-state index in [9.17, 15) is 14.7 Å². The van der Waals surface area contributed by atoms with E-state index in [0.717, 1.165) is 5.56 Å². The lowest BCUT2D eigenvalue weighted by molar-refractivity contribution is -0.123. The molecule has 0 unspecified atom stereocenters. The number of halogens is 1. The van der Waals surface area contributed by atoms with Gasteiger partial charge in [-0.05, 0) is 42.8 Å². The topological polar surface area (TPSA) is 106 Å². The van der Waals surface area contributed by atoms with Crippen molar-refractivity contribution in [2.45, 2.75) is 6.92 Å². The average molecular weight is 407 g/mol. The van der Waals surface area contributed by atoms with Crippen LogP contribution in [0.3, 0.4) is 0 Å². The summed E-state index contributed by atoms with van der Waals surface area (Å²) in [6.45, 7) is 1.54. The third-order valence-electron chi connectivity index (χ3n) is 3.68. The quantitative estimate of drug-likeness (QED) is 0.515. The molecule has 0 atom stereocenters. The van der Waals surface area contributed by atoms with Crippen LogP contribution in [0.2, 0.25) is 5.02 Å². The van der Waals surface area contributed by atoms with E-state index in [-0.39, 0.29) is 29.2 Å². The highest BCUT2D eigenvalue weighted by atomic mass is 35.5. The van der Waals surface area contributed by atoms with Crippen molar-refractivity contribution in [3.05, 3.63) is 52.0 Å². The molecule has 0 aliphatic carbocycles. The van der Waals surface area contributed by atoms with Crippen LogP contribution in [0.15, 0.2) is 35.4 Å². The van der Waals surface area contributed by atoms with Gasteiger partial charge < -0.3 is 19.3 Å². The number of ether oxygens (including phenoxy) is 3. The first-order valence-corrected chi connectivity index (χ1v) is 8.44. The minimum atomic E-state index is -1.22. The minimum Gasteiger partial charge on any atom is -0.493 e. The standard InChI is InChI=1S/C19H19ClN2O6/c1-11-8-13(20)5-7-14(11)28-10-16(23)22-21-9-12-4-6-15(26-2)18(27-3)17(12)19(24)25/h4-9H,10H2,1-3H3,(H,22,23)(H,24,25)/b21-9-. The van der Waals surface area contributed by atoms with Crippen molar-refractivity contribution in [2.75, 3.05) is 20.8 Å². The summed E-state index contributed by atoms with van der Waals surface area (Å²) in [7, 11) is 2.74. The second-order valence-electron chi connectivity index (χ2n) is 5.56. The monoisotopic (exact) mass is 406 g/mol. The predicted octanol–water partition coefficient (Wildman–Crippen LogP) is 2.89. The summed E-state index contributed by atoms with van der Waals surface area (Å²) >= 11 is 5.87. The average Bonchev–Trinajstić information content (AvgIpc) is 2.66. The lowest BCUT2D eigenvalue weighted by atomic mass is 10.1. The van der Waals surface area contributed by atoms with E-state index in [1.54, 1.807) is 24.3 Å². The maximum Gasteiger partial charge on any atom is 0.340 e. The lowest BCUT2D eigenvalue weighted by Crippen LogP contribution is -2.24. The van der Waals surface area contributed by atoms with Gasteiger partial charge in [0.25, 0.3) is 5.91 Å². The van der Waals surface area contributed by atoms with Gasteiger partial charge in [0.05, 0.1) is 20.4 Å². The Morgan fingerprint density at radius 3 is 2.50 bits per heavy atom. The van der Waals surface area contributed by atoms with E-state index in [1.165, 1.54) is 26.5 Å². The second kappa shape index (κ2) is 9.61. The van der Waals surface area contributed by atoms with E-state index in [4.69, 9.17) is 25.8 Å². The molecule has 0 radical (unpaired) electrons. The Morgan fingerprint density at radius 2 is 1.89 bits per heavy atom. The molecule has 28 heavy (non-hydrogen) atoms. The molecule has 148 valence electrons. The van der Waals surface area contributed by atoms with Gasteiger partial charge in [-0.15, -0.1) is 0 Å². The van der Waals surface area contributed by atoms with E-state index in [0.29, 0.717) is 10.8 Å². The third kappa shape index (κ3) is 5.14. The van der Waals surface area contributed by atoms with Crippen LogP contribution in [0.4, 0.5) is 0 Å². The maximum atomic E-state index is 11.9. The van der Waals surface area contributed by atoms with Crippen LogP contribution >= 0.6 is 11.6 Å². The molecule has 1 amide bonds. The molecule has 8 nitrogen and oxygen atoms in total. The molecule has 9 heteroatoms. The number of methoxy groups -OCH3 is 2. The van der Waals surface area contributed by atoms with Gasteiger partial charge in [-0.2, -0.15) is 5.10 Å². The molecule has 0 heterocycles. The van der Waals surface area contributed by atoms with Crippen LogP contribution < -0.4 is 19.6 Å². The van der Waals surface area contributed by atoms with Crippen LogP contribution in [0.1, 0.15) is 21.5 Å². The number of carboxylic acids is 1. The van der Waals surface area contributed by atoms with Gasteiger partial charge >= 0.3 is 5.97 Å². The van der Waals surface area contributed by atoms with E-state index in [1.807, 2.05) is 6.92 Å². The summed E-state index contributed by atoms with van der Waals surface area (Å²) < 4.78 is 15.6. The Balaban J connectivity index is 2.05. The number of hydrogen-bond donors (Lipinski definition) is 2. The fourth-order valence-corrected chi connectivity index (χ4v) is 2.62. The zero-order chi connectivity index (χ0) is 20.7. The number of hydrogen-bond acceptors (Lipinski definition) is 6. The molecule has 0 aliphatic rings. The van der Waals surface area contributed by atoms with Gasteiger partial charge in [0.2, 0.25) is 0 Å². The number of carbonyl (C=O) groups is 2. The van der Waals surface area contributed by atoms with Gasteiger partial charge in [-0.1, -0.05) is 11.6 Å². The van der Waals surface area contributed by atoms with Crippen LogP contribution in [0.25, 0.3) is 0 Å². The second-order valence-corrected chi connectivity index (χ2v) is 6.00. The summed E-state index contributed by atoms with van der Waals surface area (Å²) in [6.07, 6.45) is 1.21. The summed E-state index contributed by atoms with van der Waals surface area (Å²) in [6, 6.07) is 8.08. The normalized spacial score (nSPS) is 10.6. The summed E-state index contributed by atoms with van der Waals surface area (Å²) in [5.74, 6) is -0.871. The molecule has 0 aliphatic heterocycles. The Labute approximate surface area is 166 Å². The summed E-state index contributed by atoms with van der Waals surface area (Å²) in [4.78, 5) is 23.5. The molecule has 2 rings (SSSR count). The first-order valence-electron chi connectivity index (χ1n) is 8.06. The van der Waals surface area contributed by atoms with E-state index in [2.05, 4.69) is 10.5 Å². The Hall–Kier alpha value is -3.26. The minimum absolute atomic E-state index is 0.0619. The van der Waals surface area contributed by atoms with E-state index >= 15 is 0 Å². The first kappa shape index (κ1) is 21.0. The number of carbonyl (C=O) groups excluding carboxylic acids is 1. The number of rotatable bonds is 8. The molecule has 0 fully saturated rings. The number of carboxylic acid groups (broad SMARTS) is 1. The Morgan fingerprint density at radius 1 is 1.18 bits per heavy atom. The first-order chi connectivity index (χ1) is 13.4. The number of nitrogens with zero attached hydrogens (tertiary/aromatic N) is 1. The molecule has 2 N–H and O–H groups in total. The number of aryl methyl sites for hydroxylation is 1. The molecular weight excluding hydrogens is 388 g/mol. The third-order valence-corrected chi connectivity index (χ3v) is 3.92. The molecule has 2 aromatic carbocycles. The van der Waals surface area contributed by atoms with Crippen molar-refractivity contribution in [3.63, 3.8) is 0 Å². The van der Waals surface area contributed by atoms with Gasteiger partial charge in [-0.25, -0.2) is 10.2 Å². The fourth-order valence-electron chi connectivity index (χ4n) is 2.39. The molecule has 0 bridgehead atoms. The zero-order valence-electron chi connectivity index (χ0n) is 15.5. The van der Waals surface area contributed by atoms with E-state index < -0.39 is 11.9 Å². The molecule has 0 spiro atoms. The fraction of sp³-hybridized carbons (Fsp3) is 0.211. The number of benzene rings is 2. The number of aromatic carboxylic acids is 1. The Bertz CT molecular complexity index is 914. The van der Waals surface area contributed by atoms with Crippen LogP contribution in [0, 0.1) is 6.92 Å². The van der Waals surface area contributed by atoms with Gasteiger partial charge in [0.1, 0.15) is 11.3 Å². The number of nitrogens with one attached hydrogen (secondary N) is 1. The number of hydrazone groups is 1. The smallest absolute Gasteiger partial charge is 0.340 e. The molecule has 0 saturated carbocycles. The van der Waals surface area contributed by atoms with Crippen molar-refractivity contribution in [3.8, 4) is 17.2 Å². The van der Waals surface area contributed by atoms with Gasteiger partial charge in [-0.3, -0.25) is 4.79 Å². The van der Waals surface area contributed by atoms with Crippen LogP contribution in [0.5, 0.6) is 17.2 Å². The van der Waals surface area contributed by atoms with Gasteiger partial charge in [0, 0.05) is 10.6 Å². The van der Waals surface area contributed by atoms with Gasteiger partial charge in [0.15, 0.2) is 18.1 Å². The summed E-state index contributed by atoms with van der Waals surface area (Å²) in [5, 5.41) is 13.8. The lowest BCUT2D eigenvalue weighted by Gasteiger charge is -2.12. The Kier molecular flexibility index (Phi) is 7.22. The number of amides is 1. The van der Waals surface area contributed by atoms with Crippen molar-refractivity contribution in [1.29, 1.82) is 0 Å². The highest BCUT2D eigenvalue weighted by molar-refractivity contribution is 6.30. The molecule has 0 saturated heterocycles.